The molecule has 0 atom stereocenters. The smallest absolute Gasteiger partial charge is 0.410 e. The van der Waals surface area contributed by atoms with Crippen molar-refractivity contribution >= 4 is 23.6 Å². The molecule has 5 heteroatoms. The van der Waals surface area contributed by atoms with Gasteiger partial charge in [0.2, 0.25) is 0 Å². The maximum absolute atomic E-state index is 11.4. The van der Waals surface area contributed by atoms with E-state index < -0.39 is 6.09 Å². The molecular weight excluding hydrogens is 250 g/mol. The molecule has 4 nitrogen and oxygen atoms in total. The number of benzene rings is 1. The van der Waals surface area contributed by atoms with E-state index in [1.54, 1.807) is 11.8 Å². The minimum atomic E-state index is -0.610. The van der Waals surface area contributed by atoms with Gasteiger partial charge in [-0.15, -0.1) is 11.8 Å². The molecule has 0 unspecified atom stereocenters. The van der Waals surface area contributed by atoms with Crippen molar-refractivity contribution < 1.29 is 14.3 Å². The predicted molar refractivity (Wildman–Crippen MR) is 72.4 cm³/mol. The molecule has 0 saturated carbocycles. The van der Waals surface area contributed by atoms with Gasteiger partial charge < -0.3 is 10.1 Å². The number of hydrogen-bond donors (Lipinski definition) is 1. The number of hydrogen-bond acceptors (Lipinski definition) is 4. The average molecular weight is 267 g/mol. The Morgan fingerprint density at radius 3 is 2.28 bits per heavy atom. The Morgan fingerprint density at radius 1 is 1.28 bits per heavy atom. The largest absolute Gasteiger partial charge is 0.412 e. The summed E-state index contributed by atoms with van der Waals surface area (Å²) < 4.78 is 5.11. The summed E-state index contributed by atoms with van der Waals surface area (Å²) in [4.78, 5) is 23.3. The van der Waals surface area contributed by atoms with Crippen LogP contribution in [-0.4, -0.2) is 24.7 Å². The zero-order valence-electron chi connectivity index (χ0n) is 11.0. The highest BCUT2D eigenvalue weighted by Crippen LogP contribution is 2.28. The van der Waals surface area contributed by atoms with E-state index in [0.717, 1.165) is 11.1 Å². The summed E-state index contributed by atoms with van der Waals surface area (Å²) in [6.45, 7) is 5.33. The zero-order valence-corrected chi connectivity index (χ0v) is 11.8. The molecule has 0 heterocycles. The molecule has 0 aliphatic rings. The fraction of sp³-hybridized carbons (Fsp3) is 0.385. The summed E-state index contributed by atoms with van der Waals surface area (Å²) in [5.74, 6) is 0.376. The Kier molecular flexibility index (Phi) is 5.22. The van der Waals surface area contributed by atoms with Crippen LogP contribution >= 0.6 is 11.8 Å². The van der Waals surface area contributed by atoms with Crippen molar-refractivity contribution in [3.05, 3.63) is 23.3 Å². The fourth-order valence-corrected chi connectivity index (χ4v) is 2.39. The highest BCUT2D eigenvalue weighted by atomic mass is 32.2. The number of aryl methyl sites for hydroxylation is 2. The number of carbonyl (C=O) groups excluding carboxylic acids is 2. The lowest BCUT2D eigenvalue weighted by Crippen LogP contribution is -2.30. The van der Waals surface area contributed by atoms with Crippen molar-refractivity contribution in [2.45, 2.75) is 25.7 Å². The molecule has 1 N–H and O–H groups in total. The van der Waals surface area contributed by atoms with Crippen LogP contribution in [0.25, 0.3) is 0 Å². The number of Topliss-reactive ketones (excluding diaryl/α,β-unsaturated/α-hetero) is 1. The highest BCUT2D eigenvalue weighted by Gasteiger charge is 2.09. The second-order valence-electron chi connectivity index (χ2n) is 4.04. The van der Waals surface area contributed by atoms with Crippen LogP contribution in [0, 0.1) is 13.8 Å². The molecule has 98 valence electrons. The number of amides is 1. The zero-order chi connectivity index (χ0) is 13.7. The lowest BCUT2D eigenvalue weighted by Gasteiger charge is -2.11. The number of thioether (sulfide) groups is 1. The van der Waals surface area contributed by atoms with E-state index in [0.29, 0.717) is 5.75 Å². The van der Waals surface area contributed by atoms with Gasteiger partial charge >= 0.3 is 6.09 Å². The number of ether oxygens (including phenoxy) is 1. The van der Waals surface area contributed by atoms with Crippen LogP contribution in [-0.2, 0) is 4.79 Å². The summed E-state index contributed by atoms with van der Waals surface area (Å²) in [6, 6.07) is 3.62. The standard InChI is InChI=1S/C13H17NO3S/c1-8-5-11(6-9(2)12(8)18-4)17-13(16)14-7-10(3)15/h5-6H,7H2,1-4H3,(H,14,16). The monoisotopic (exact) mass is 267 g/mol. The van der Waals surface area contributed by atoms with Crippen molar-refractivity contribution in [3.8, 4) is 5.75 Å². The van der Waals surface area contributed by atoms with Gasteiger partial charge in [-0.25, -0.2) is 4.79 Å². The lowest BCUT2D eigenvalue weighted by atomic mass is 10.1. The predicted octanol–water partition coefficient (Wildman–Crippen LogP) is 2.70. The molecule has 0 spiro atoms. The summed E-state index contributed by atoms with van der Waals surface area (Å²) >= 11 is 1.66. The lowest BCUT2D eigenvalue weighted by molar-refractivity contribution is -0.116. The van der Waals surface area contributed by atoms with Crippen LogP contribution in [0.3, 0.4) is 0 Å². The molecular formula is C13H17NO3S. The minimum absolute atomic E-state index is 0.0142. The average Bonchev–Trinajstić information content (AvgIpc) is 2.26. The Bertz CT molecular complexity index is 448. The molecule has 1 amide bonds. The molecule has 0 fully saturated rings. The summed E-state index contributed by atoms with van der Waals surface area (Å²) in [5, 5.41) is 2.38. The van der Waals surface area contributed by atoms with Gasteiger partial charge in [0.25, 0.3) is 0 Å². The Labute approximate surface area is 111 Å². The molecule has 1 aromatic carbocycles. The Morgan fingerprint density at radius 2 is 1.83 bits per heavy atom. The molecule has 0 bridgehead atoms. The van der Waals surface area contributed by atoms with Crippen molar-refractivity contribution in [2.24, 2.45) is 0 Å². The topological polar surface area (TPSA) is 55.4 Å². The quantitative estimate of drug-likeness (QED) is 0.852. The van der Waals surface area contributed by atoms with E-state index in [1.165, 1.54) is 11.8 Å². The van der Waals surface area contributed by atoms with Crippen LogP contribution in [0.15, 0.2) is 17.0 Å². The van der Waals surface area contributed by atoms with E-state index in [1.807, 2.05) is 32.2 Å². The maximum atomic E-state index is 11.4. The van der Waals surface area contributed by atoms with Crippen molar-refractivity contribution in [3.63, 3.8) is 0 Å². The van der Waals surface area contributed by atoms with E-state index in [-0.39, 0.29) is 12.3 Å². The number of carbonyl (C=O) groups is 2. The van der Waals surface area contributed by atoms with Crippen molar-refractivity contribution in [1.82, 2.24) is 5.32 Å². The van der Waals surface area contributed by atoms with Gasteiger partial charge in [-0.3, -0.25) is 4.79 Å². The summed E-state index contributed by atoms with van der Waals surface area (Å²) in [6.07, 6.45) is 1.40. The minimum Gasteiger partial charge on any atom is -0.410 e. The van der Waals surface area contributed by atoms with Gasteiger partial charge in [0, 0.05) is 4.90 Å². The first kappa shape index (κ1) is 14.6. The molecule has 0 radical (unpaired) electrons. The van der Waals surface area contributed by atoms with Crippen LogP contribution < -0.4 is 10.1 Å². The van der Waals surface area contributed by atoms with E-state index in [2.05, 4.69) is 5.32 Å². The third kappa shape index (κ3) is 4.07. The number of ketones is 1. The molecule has 0 aliphatic carbocycles. The fourth-order valence-electron chi connectivity index (χ4n) is 1.63. The van der Waals surface area contributed by atoms with Gasteiger partial charge in [0.05, 0.1) is 6.54 Å². The molecule has 18 heavy (non-hydrogen) atoms. The molecule has 0 aromatic heterocycles. The van der Waals surface area contributed by atoms with Crippen molar-refractivity contribution in [1.29, 1.82) is 0 Å². The third-order valence-electron chi connectivity index (χ3n) is 2.33. The van der Waals surface area contributed by atoms with Crippen LogP contribution in [0.5, 0.6) is 5.75 Å². The Balaban J connectivity index is 2.74. The Hall–Kier alpha value is -1.49. The first-order valence-corrected chi connectivity index (χ1v) is 6.77. The molecule has 0 aliphatic heterocycles. The number of nitrogens with one attached hydrogen (secondary N) is 1. The second kappa shape index (κ2) is 6.44. The van der Waals surface area contributed by atoms with Gasteiger partial charge in [0.1, 0.15) is 11.5 Å². The van der Waals surface area contributed by atoms with Gasteiger partial charge in [-0.1, -0.05) is 0 Å². The SMILES string of the molecule is CSc1c(C)cc(OC(=O)NCC(C)=O)cc1C. The van der Waals surface area contributed by atoms with Gasteiger partial charge in [-0.05, 0) is 50.3 Å². The summed E-state index contributed by atoms with van der Waals surface area (Å²) in [5.41, 5.74) is 2.13. The molecule has 0 saturated heterocycles. The normalized spacial score (nSPS) is 10.0. The van der Waals surface area contributed by atoms with E-state index in [9.17, 15) is 9.59 Å². The van der Waals surface area contributed by atoms with Crippen LogP contribution in [0.4, 0.5) is 4.79 Å². The molecule has 1 aromatic rings. The second-order valence-corrected chi connectivity index (χ2v) is 4.85. The number of rotatable bonds is 4. The maximum Gasteiger partial charge on any atom is 0.412 e. The van der Waals surface area contributed by atoms with Crippen LogP contribution in [0.2, 0.25) is 0 Å². The van der Waals surface area contributed by atoms with Gasteiger partial charge in [-0.2, -0.15) is 0 Å². The van der Waals surface area contributed by atoms with Crippen molar-refractivity contribution in [2.75, 3.05) is 12.8 Å². The van der Waals surface area contributed by atoms with E-state index in [4.69, 9.17) is 4.74 Å². The first-order valence-electron chi connectivity index (χ1n) is 5.54. The van der Waals surface area contributed by atoms with E-state index >= 15 is 0 Å². The van der Waals surface area contributed by atoms with Crippen LogP contribution in [0.1, 0.15) is 18.1 Å². The summed E-state index contributed by atoms with van der Waals surface area (Å²) in [7, 11) is 0. The highest BCUT2D eigenvalue weighted by molar-refractivity contribution is 7.98. The first-order chi connectivity index (χ1) is 8.43. The third-order valence-corrected chi connectivity index (χ3v) is 3.38. The molecule has 1 rings (SSSR count). The van der Waals surface area contributed by atoms with Gasteiger partial charge in [0.15, 0.2) is 0 Å².